The largest absolute Gasteiger partial charge is 0.461 e. The zero-order valence-corrected chi connectivity index (χ0v) is 23.6. The number of hydrogen-bond acceptors (Lipinski definition) is 6. The molecule has 1 atom stereocenters. The molecule has 0 bridgehead atoms. The molecule has 0 aromatic heterocycles. The SMILES string of the molecule is CC(C)(C)OC(=O)NC(CCCC1(CC(=O)OCc2ccccc2)CCCCC1)C(=O)OCc1ccccc1. The van der Waals surface area contributed by atoms with Crippen LogP contribution in [0.4, 0.5) is 4.79 Å². The Hall–Kier alpha value is -3.35. The molecular weight excluding hydrogens is 494 g/mol. The first kappa shape index (κ1) is 30.2. The van der Waals surface area contributed by atoms with Crippen LogP contribution >= 0.6 is 0 Å². The quantitative estimate of drug-likeness (QED) is 0.234. The molecule has 2 aromatic carbocycles. The number of amides is 1. The van der Waals surface area contributed by atoms with Gasteiger partial charge in [-0.25, -0.2) is 9.59 Å². The Labute approximate surface area is 232 Å². The van der Waals surface area contributed by atoms with E-state index in [2.05, 4.69) is 5.32 Å². The lowest BCUT2D eigenvalue weighted by Crippen LogP contribution is -2.44. The highest BCUT2D eigenvalue weighted by molar-refractivity contribution is 5.81. The highest BCUT2D eigenvalue weighted by Gasteiger charge is 2.35. The van der Waals surface area contributed by atoms with Crippen LogP contribution in [0.2, 0.25) is 0 Å². The molecule has 0 radical (unpaired) electrons. The molecule has 7 heteroatoms. The highest BCUT2D eigenvalue weighted by Crippen LogP contribution is 2.44. The van der Waals surface area contributed by atoms with Crippen molar-refractivity contribution >= 4 is 18.0 Å². The maximum absolute atomic E-state index is 13.0. The molecule has 1 aliphatic carbocycles. The van der Waals surface area contributed by atoms with Gasteiger partial charge in [-0.05, 0) is 63.0 Å². The van der Waals surface area contributed by atoms with Crippen molar-refractivity contribution in [1.82, 2.24) is 5.32 Å². The van der Waals surface area contributed by atoms with Crippen LogP contribution in [0.15, 0.2) is 60.7 Å². The molecule has 1 saturated carbocycles. The van der Waals surface area contributed by atoms with Gasteiger partial charge in [0.05, 0.1) is 6.42 Å². The second-order valence-electron chi connectivity index (χ2n) is 11.6. The smallest absolute Gasteiger partial charge is 0.408 e. The van der Waals surface area contributed by atoms with Gasteiger partial charge in [-0.3, -0.25) is 4.79 Å². The van der Waals surface area contributed by atoms with Crippen molar-refractivity contribution in [3.05, 3.63) is 71.8 Å². The number of nitrogens with one attached hydrogen (secondary N) is 1. The predicted molar refractivity (Wildman–Crippen MR) is 150 cm³/mol. The van der Waals surface area contributed by atoms with E-state index in [0.29, 0.717) is 19.3 Å². The number of benzene rings is 2. The number of ether oxygens (including phenoxy) is 3. The standard InChI is InChI=1S/C32H43NO6/c1-31(2,3)39-30(36)33-27(29(35)38-24-26-16-9-5-10-17-26)18-13-21-32(19-11-6-12-20-32)22-28(34)37-23-25-14-7-4-8-15-25/h4-5,7-10,14-17,27H,6,11-13,18-24H2,1-3H3,(H,33,36). The molecule has 7 nitrogen and oxygen atoms in total. The van der Waals surface area contributed by atoms with Gasteiger partial charge in [0.1, 0.15) is 24.9 Å². The van der Waals surface area contributed by atoms with Crippen molar-refractivity contribution in [2.45, 2.75) is 103 Å². The van der Waals surface area contributed by atoms with Crippen molar-refractivity contribution in [2.75, 3.05) is 0 Å². The Bertz CT molecular complexity index is 1040. The summed E-state index contributed by atoms with van der Waals surface area (Å²) in [5.41, 5.74) is 0.997. The fourth-order valence-electron chi connectivity index (χ4n) is 5.12. The van der Waals surface area contributed by atoms with Crippen LogP contribution in [0.25, 0.3) is 0 Å². The maximum Gasteiger partial charge on any atom is 0.408 e. The predicted octanol–water partition coefficient (Wildman–Crippen LogP) is 6.88. The minimum atomic E-state index is -0.839. The van der Waals surface area contributed by atoms with Gasteiger partial charge in [0, 0.05) is 0 Å². The van der Waals surface area contributed by atoms with Crippen molar-refractivity contribution < 1.29 is 28.6 Å². The van der Waals surface area contributed by atoms with Crippen molar-refractivity contribution in [2.24, 2.45) is 5.41 Å². The maximum atomic E-state index is 13.0. The molecule has 1 amide bonds. The van der Waals surface area contributed by atoms with Gasteiger partial charge in [-0.2, -0.15) is 0 Å². The number of hydrogen-bond donors (Lipinski definition) is 1. The summed E-state index contributed by atoms with van der Waals surface area (Å²) in [7, 11) is 0. The summed E-state index contributed by atoms with van der Waals surface area (Å²) in [5, 5.41) is 2.71. The van der Waals surface area contributed by atoms with Gasteiger partial charge in [0.15, 0.2) is 0 Å². The Morgan fingerprint density at radius 3 is 1.97 bits per heavy atom. The van der Waals surface area contributed by atoms with Gasteiger partial charge < -0.3 is 19.5 Å². The zero-order valence-electron chi connectivity index (χ0n) is 23.6. The molecule has 0 heterocycles. The minimum absolute atomic E-state index is 0.128. The first-order valence-electron chi connectivity index (χ1n) is 14.0. The number of rotatable bonds is 12. The number of carbonyl (C=O) groups excluding carboxylic acids is 3. The van der Waals surface area contributed by atoms with Crippen molar-refractivity contribution in [1.29, 1.82) is 0 Å². The summed E-state index contributed by atoms with van der Waals surface area (Å²) in [6.45, 7) is 5.73. The molecule has 1 N–H and O–H groups in total. The van der Waals surface area contributed by atoms with Crippen LogP contribution in [0.3, 0.4) is 0 Å². The number of carbonyl (C=O) groups is 3. The first-order chi connectivity index (χ1) is 18.6. The lowest BCUT2D eigenvalue weighted by atomic mass is 9.68. The molecule has 0 saturated heterocycles. The third kappa shape index (κ3) is 11.1. The molecule has 1 aliphatic rings. The van der Waals surface area contributed by atoms with Crippen molar-refractivity contribution in [3.63, 3.8) is 0 Å². The minimum Gasteiger partial charge on any atom is -0.461 e. The number of alkyl carbamates (subject to hydrolysis) is 1. The average Bonchev–Trinajstić information content (AvgIpc) is 2.90. The van der Waals surface area contributed by atoms with Gasteiger partial charge in [-0.1, -0.05) is 86.3 Å². The summed E-state index contributed by atoms with van der Waals surface area (Å²) in [6.07, 6.45) is 6.76. The Balaban J connectivity index is 1.59. The lowest BCUT2D eigenvalue weighted by Gasteiger charge is -2.37. The van der Waals surface area contributed by atoms with E-state index in [1.165, 1.54) is 0 Å². The first-order valence-corrected chi connectivity index (χ1v) is 14.0. The molecule has 0 spiro atoms. The summed E-state index contributed by atoms with van der Waals surface area (Å²) < 4.78 is 16.5. The summed E-state index contributed by atoms with van der Waals surface area (Å²) >= 11 is 0. The van der Waals surface area contributed by atoms with E-state index >= 15 is 0 Å². The lowest BCUT2D eigenvalue weighted by molar-refractivity contribution is -0.149. The number of esters is 2. The van der Waals surface area contributed by atoms with Crippen molar-refractivity contribution in [3.8, 4) is 0 Å². The zero-order chi connectivity index (χ0) is 28.1. The van der Waals surface area contributed by atoms with Crippen LogP contribution in [-0.4, -0.2) is 29.7 Å². The van der Waals surface area contributed by atoms with E-state index in [4.69, 9.17) is 14.2 Å². The molecule has 2 aromatic rings. The Morgan fingerprint density at radius 1 is 0.846 bits per heavy atom. The van der Waals surface area contributed by atoms with Gasteiger partial charge in [-0.15, -0.1) is 0 Å². The van der Waals surface area contributed by atoms with Crippen LogP contribution in [0.1, 0.15) is 89.7 Å². The topological polar surface area (TPSA) is 90.9 Å². The monoisotopic (exact) mass is 537 g/mol. The Kier molecular flexibility index (Phi) is 11.4. The van der Waals surface area contributed by atoms with Crippen LogP contribution < -0.4 is 5.32 Å². The van der Waals surface area contributed by atoms with Gasteiger partial charge in [0.25, 0.3) is 0 Å². The second-order valence-corrected chi connectivity index (χ2v) is 11.6. The van der Waals surface area contributed by atoms with Crippen LogP contribution in [0, 0.1) is 5.41 Å². The fourth-order valence-corrected chi connectivity index (χ4v) is 5.12. The highest BCUT2D eigenvalue weighted by atomic mass is 16.6. The molecule has 1 unspecified atom stereocenters. The van der Waals surface area contributed by atoms with E-state index in [1.54, 1.807) is 20.8 Å². The summed E-state index contributed by atoms with van der Waals surface area (Å²) in [5.74, 6) is -0.684. The summed E-state index contributed by atoms with van der Waals surface area (Å²) in [4.78, 5) is 38.3. The third-order valence-electron chi connectivity index (χ3n) is 7.08. The van der Waals surface area contributed by atoms with E-state index < -0.39 is 23.7 Å². The molecule has 212 valence electrons. The third-order valence-corrected chi connectivity index (χ3v) is 7.08. The molecular formula is C32H43NO6. The fraction of sp³-hybridized carbons (Fsp3) is 0.531. The van der Waals surface area contributed by atoms with E-state index in [1.807, 2.05) is 60.7 Å². The molecule has 39 heavy (non-hydrogen) atoms. The average molecular weight is 538 g/mol. The van der Waals surface area contributed by atoms with Gasteiger partial charge in [0.2, 0.25) is 0 Å². The van der Waals surface area contributed by atoms with Crippen LogP contribution in [0.5, 0.6) is 0 Å². The van der Waals surface area contributed by atoms with E-state index in [-0.39, 0.29) is 24.6 Å². The van der Waals surface area contributed by atoms with E-state index in [9.17, 15) is 14.4 Å². The summed E-state index contributed by atoms with van der Waals surface area (Å²) in [6, 6.07) is 18.3. The Morgan fingerprint density at radius 2 is 1.41 bits per heavy atom. The van der Waals surface area contributed by atoms with E-state index in [0.717, 1.165) is 49.7 Å². The molecule has 1 fully saturated rings. The molecule has 3 rings (SSSR count). The second kappa shape index (κ2) is 14.7. The molecule has 0 aliphatic heterocycles. The van der Waals surface area contributed by atoms with Gasteiger partial charge >= 0.3 is 18.0 Å². The van der Waals surface area contributed by atoms with Crippen LogP contribution in [-0.2, 0) is 37.0 Å². The normalized spacial score (nSPS) is 15.6.